The van der Waals surface area contributed by atoms with Gasteiger partial charge in [-0.25, -0.2) is 0 Å². The van der Waals surface area contributed by atoms with Crippen molar-refractivity contribution in [1.29, 1.82) is 0 Å². The van der Waals surface area contributed by atoms with E-state index in [1.807, 2.05) is 36.4 Å². The maximum atomic E-state index is 16.0. The Bertz CT molecular complexity index is 1130. The van der Waals surface area contributed by atoms with Crippen molar-refractivity contribution in [2.45, 2.75) is 64.4 Å². The Morgan fingerprint density at radius 3 is 2.03 bits per heavy atom. The van der Waals surface area contributed by atoms with Crippen molar-refractivity contribution in [2.75, 3.05) is 7.11 Å². The summed E-state index contributed by atoms with van der Waals surface area (Å²) >= 11 is 0. The van der Waals surface area contributed by atoms with Crippen molar-refractivity contribution >= 4 is 12.4 Å². The first-order valence-electron chi connectivity index (χ1n) is 13.4. The van der Waals surface area contributed by atoms with Gasteiger partial charge in [0.2, 0.25) is 0 Å². The molecule has 1 N–H and O–H groups in total. The van der Waals surface area contributed by atoms with Crippen LogP contribution in [0, 0.1) is 17.8 Å². The molecular weight excluding hydrogens is 461 g/mol. The summed E-state index contributed by atoms with van der Waals surface area (Å²) in [6.07, 6.45) is 3.36. The van der Waals surface area contributed by atoms with Crippen molar-refractivity contribution in [2.24, 2.45) is 17.8 Å². The third-order valence-corrected chi connectivity index (χ3v) is 12.1. The van der Waals surface area contributed by atoms with Crippen molar-refractivity contribution in [3.05, 3.63) is 96.1 Å². The number of benzene rings is 3. The largest absolute Gasteiger partial charge is 0.497 e. The molecule has 3 nitrogen and oxygen atoms in total. The van der Waals surface area contributed by atoms with Gasteiger partial charge in [-0.1, -0.05) is 100.0 Å². The lowest BCUT2D eigenvalue weighted by atomic mass is 9.77. The van der Waals surface area contributed by atoms with Crippen LogP contribution in [0.4, 0.5) is 0 Å². The molecule has 1 fully saturated rings. The Morgan fingerprint density at radius 2 is 1.44 bits per heavy atom. The van der Waals surface area contributed by atoms with Crippen LogP contribution in [0.2, 0.25) is 0 Å². The monoisotopic (exact) mass is 503 g/mol. The van der Waals surface area contributed by atoms with Crippen LogP contribution >= 0.6 is 7.14 Å². The zero-order valence-electron chi connectivity index (χ0n) is 22.4. The van der Waals surface area contributed by atoms with Gasteiger partial charge in [0.05, 0.1) is 12.9 Å². The second kappa shape index (κ2) is 11.8. The average molecular weight is 504 g/mol. The fourth-order valence-corrected chi connectivity index (χ4v) is 10.6. The predicted molar refractivity (Wildman–Crippen MR) is 153 cm³/mol. The Labute approximate surface area is 218 Å². The van der Waals surface area contributed by atoms with E-state index in [9.17, 15) is 0 Å². The topological polar surface area (TPSA) is 38.3 Å². The van der Waals surface area contributed by atoms with Crippen LogP contribution in [0.25, 0.3) is 0 Å². The highest BCUT2D eigenvalue weighted by Crippen LogP contribution is 2.66. The van der Waals surface area contributed by atoms with Gasteiger partial charge < -0.3 is 9.30 Å². The van der Waals surface area contributed by atoms with Crippen molar-refractivity contribution in [1.82, 2.24) is 5.32 Å². The van der Waals surface area contributed by atoms with E-state index >= 15 is 4.57 Å². The normalized spacial score (nSPS) is 23.6. The highest BCUT2D eigenvalue weighted by Gasteiger charge is 2.49. The van der Waals surface area contributed by atoms with Crippen LogP contribution in [-0.4, -0.2) is 12.8 Å². The number of rotatable bonds is 9. The minimum absolute atomic E-state index is 0.0499. The van der Waals surface area contributed by atoms with Gasteiger partial charge in [-0.2, -0.15) is 0 Å². The molecule has 6 atom stereocenters. The van der Waals surface area contributed by atoms with Gasteiger partial charge >= 0.3 is 0 Å². The minimum atomic E-state index is -2.98. The van der Waals surface area contributed by atoms with E-state index < -0.39 is 7.14 Å². The molecule has 0 bridgehead atoms. The second-order valence-corrected chi connectivity index (χ2v) is 14.0. The maximum absolute atomic E-state index is 16.0. The third kappa shape index (κ3) is 5.63. The van der Waals surface area contributed by atoms with Crippen LogP contribution in [0.15, 0.2) is 84.9 Å². The lowest BCUT2D eigenvalue weighted by Crippen LogP contribution is -2.39. The van der Waals surface area contributed by atoms with Crippen LogP contribution in [0.1, 0.15) is 69.9 Å². The van der Waals surface area contributed by atoms with Crippen molar-refractivity contribution in [3.63, 3.8) is 0 Å². The van der Waals surface area contributed by atoms with Gasteiger partial charge in [-0.05, 0) is 60.8 Å². The molecular formula is C32H42NO2P. The molecule has 1 aliphatic rings. The van der Waals surface area contributed by atoms with E-state index in [0.717, 1.165) is 29.5 Å². The zero-order chi connectivity index (χ0) is 25.7. The summed E-state index contributed by atoms with van der Waals surface area (Å²) in [6.45, 7) is 9.14. The fourth-order valence-electron chi connectivity index (χ4n) is 6.08. The summed E-state index contributed by atoms with van der Waals surface area (Å²) in [6, 6.07) is 29.0. The maximum Gasteiger partial charge on any atom is 0.139 e. The summed E-state index contributed by atoms with van der Waals surface area (Å²) < 4.78 is 21.4. The molecule has 1 saturated carbocycles. The Kier molecular flexibility index (Phi) is 8.75. The SMILES string of the molecule is COc1ccc([C@H](N[C@H](C)c2ccccc2)[P@](=O)(c2ccccc2)C2C[C@H](C)CC[C@H]2C(C)C)cc1. The van der Waals surface area contributed by atoms with Crippen LogP contribution in [0.5, 0.6) is 5.75 Å². The summed E-state index contributed by atoms with van der Waals surface area (Å²) in [7, 11) is -1.29. The molecule has 0 spiro atoms. The molecule has 0 heterocycles. The Balaban J connectivity index is 1.89. The standard InChI is InChI=1S/C32H42NO2P/c1-23(2)30-21-16-24(3)22-31(30)36(34,29-14-10-7-11-15-29)32(27-17-19-28(35-5)20-18-27)33-25(4)26-12-8-6-9-13-26/h6-15,17-20,23-25,30-33H,16,21-22H2,1-5H3/t24-,25-,30+,31?,32-,36+/m1/s1. The second-order valence-electron chi connectivity index (χ2n) is 10.9. The molecule has 4 rings (SSSR count). The summed E-state index contributed by atoms with van der Waals surface area (Å²) in [5, 5.41) is 4.88. The highest BCUT2D eigenvalue weighted by atomic mass is 31.2. The van der Waals surface area contributed by atoms with E-state index in [1.165, 1.54) is 12.0 Å². The lowest BCUT2D eigenvalue weighted by Gasteiger charge is -2.45. The number of hydrogen-bond donors (Lipinski definition) is 1. The van der Waals surface area contributed by atoms with Crippen molar-refractivity contribution in [3.8, 4) is 5.75 Å². The third-order valence-electron chi connectivity index (χ3n) is 8.16. The molecule has 36 heavy (non-hydrogen) atoms. The van der Waals surface area contributed by atoms with Crippen LogP contribution in [0.3, 0.4) is 0 Å². The summed E-state index contributed by atoms with van der Waals surface area (Å²) in [5.41, 5.74) is 2.39. The first-order valence-corrected chi connectivity index (χ1v) is 15.3. The first kappa shape index (κ1) is 26.7. The van der Waals surface area contributed by atoms with Crippen molar-refractivity contribution < 1.29 is 9.30 Å². The van der Waals surface area contributed by atoms with Gasteiger partial charge in [-0.15, -0.1) is 0 Å². The minimum Gasteiger partial charge on any atom is -0.497 e. The van der Waals surface area contributed by atoms with Gasteiger partial charge in [0.15, 0.2) is 0 Å². The number of methoxy groups -OCH3 is 1. The molecule has 1 unspecified atom stereocenters. The predicted octanol–water partition coefficient (Wildman–Crippen LogP) is 8.19. The lowest BCUT2D eigenvalue weighted by molar-refractivity contribution is 0.235. The zero-order valence-corrected chi connectivity index (χ0v) is 23.3. The van der Waals surface area contributed by atoms with Crippen LogP contribution < -0.4 is 15.4 Å². The van der Waals surface area contributed by atoms with Gasteiger partial charge in [0, 0.05) is 17.0 Å². The summed E-state index contributed by atoms with van der Waals surface area (Å²) in [4.78, 5) is 0. The van der Waals surface area contributed by atoms with Gasteiger partial charge in [0.1, 0.15) is 12.9 Å². The van der Waals surface area contributed by atoms with E-state index in [4.69, 9.17) is 4.74 Å². The van der Waals surface area contributed by atoms with E-state index in [2.05, 4.69) is 81.5 Å². The number of hydrogen-bond acceptors (Lipinski definition) is 3. The van der Waals surface area contributed by atoms with Crippen LogP contribution in [-0.2, 0) is 4.57 Å². The molecule has 1 aliphatic carbocycles. The van der Waals surface area contributed by atoms with E-state index in [-0.39, 0.29) is 17.5 Å². The summed E-state index contributed by atoms with van der Waals surface area (Å²) in [5.74, 6) is 2.02. The number of ether oxygens (including phenoxy) is 1. The molecule has 4 heteroatoms. The van der Waals surface area contributed by atoms with Gasteiger partial charge in [0.25, 0.3) is 0 Å². The quantitative estimate of drug-likeness (QED) is 0.299. The smallest absolute Gasteiger partial charge is 0.139 e. The molecule has 3 aromatic rings. The molecule has 0 amide bonds. The highest BCUT2D eigenvalue weighted by molar-refractivity contribution is 7.72. The Hall–Kier alpha value is -2.35. The van der Waals surface area contributed by atoms with E-state index in [0.29, 0.717) is 17.8 Å². The average Bonchev–Trinajstić information content (AvgIpc) is 2.92. The number of nitrogens with one attached hydrogen (secondary N) is 1. The molecule has 0 saturated heterocycles. The fraction of sp³-hybridized carbons (Fsp3) is 0.438. The molecule has 0 aromatic heterocycles. The Morgan fingerprint density at radius 1 is 0.833 bits per heavy atom. The van der Waals surface area contributed by atoms with E-state index in [1.54, 1.807) is 7.11 Å². The molecule has 3 aromatic carbocycles. The molecule has 192 valence electrons. The van der Waals surface area contributed by atoms with Gasteiger partial charge in [-0.3, -0.25) is 5.32 Å². The molecule has 0 aliphatic heterocycles. The molecule has 0 radical (unpaired) electrons. The first-order chi connectivity index (χ1) is 17.3.